The van der Waals surface area contributed by atoms with Crippen LogP contribution in [0.4, 0.5) is 0 Å². The number of piperidine rings is 1. The number of hydrogen-bond donors (Lipinski definition) is 1. The molecule has 1 aromatic rings. The molecule has 0 aliphatic carbocycles. The molecule has 0 bridgehead atoms. The molecule has 2 rings (SSSR count). The highest BCUT2D eigenvalue weighted by molar-refractivity contribution is 7.98. The summed E-state index contributed by atoms with van der Waals surface area (Å²) in [5, 5.41) is 3.41. The largest absolute Gasteiger partial charge is 0.493 e. The maximum absolute atomic E-state index is 5.53. The smallest absolute Gasteiger partial charge is 0.174 e. The molecule has 18 heavy (non-hydrogen) atoms. The predicted octanol–water partition coefficient (Wildman–Crippen LogP) is 2.89. The summed E-state index contributed by atoms with van der Waals surface area (Å²) in [5.74, 6) is 2.33. The zero-order valence-corrected chi connectivity index (χ0v) is 12.1. The summed E-state index contributed by atoms with van der Waals surface area (Å²) in [6.45, 7) is 2.21. The molecule has 4 heteroatoms. The average Bonchev–Trinajstić information content (AvgIpc) is 2.46. The molecule has 3 nitrogen and oxygen atoms in total. The molecule has 0 spiro atoms. The molecule has 0 saturated carbocycles. The van der Waals surface area contributed by atoms with Gasteiger partial charge in [0.05, 0.1) is 19.1 Å². The van der Waals surface area contributed by atoms with Gasteiger partial charge in [0, 0.05) is 0 Å². The van der Waals surface area contributed by atoms with Crippen molar-refractivity contribution in [3.63, 3.8) is 0 Å². The molecule has 1 aliphatic heterocycles. The lowest BCUT2D eigenvalue weighted by Gasteiger charge is -2.26. The summed E-state index contributed by atoms with van der Waals surface area (Å²) < 4.78 is 10.9. The normalized spacial score (nSPS) is 16.6. The van der Waals surface area contributed by atoms with Crippen molar-refractivity contribution < 1.29 is 9.47 Å². The third kappa shape index (κ3) is 2.59. The standard InChI is InChI=1S/C14H21NO2S/c1-16-12-5-4-11(10-6-8-15-9-7-10)14(18-3)13(12)17-2/h4-5,10,15H,6-9H2,1-3H3. The Morgan fingerprint density at radius 2 is 1.89 bits per heavy atom. The molecule has 1 N–H and O–H groups in total. The van der Waals surface area contributed by atoms with E-state index in [1.54, 1.807) is 26.0 Å². The van der Waals surface area contributed by atoms with Crippen molar-refractivity contribution in [2.45, 2.75) is 23.7 Å². The maximum Gasteiger partial charge on any atom is 0.174 e. The van der Waals surface area contributed by atoms with E-state index in [-0.39, 0.29) is 0 Å². The second-order valence-corrected chi connectivity index (χ2v) is 5.26. The summed E-state index contributed by atoms with van der Waals surface area (Å²) in [7, 11) is 3.40. The minimum Gasteiger partial charge on any atom is -0.493 e. The van der Waals surface area contributed by atoms with Crippen LogP contribution in [-0.4, -0.2) is 33.6 Å². The van der Waals surface area contributed by atoms with Gasteiger partial charge in [-0.2, -0.15) is 0 Å². The number of methoxy groups -OCH3 is 2. The Morgan fingerprint density at radius 3 is 2.44 bits per heavy atom. The third-order valence-corrected chi connectivity index (χ3v) is 4.34. The quantitative estimate of drug-likeness (QED) is 0.850. The summed E-state index contributed by atoms with van der Waals surface area (Å²) in [6, 6.07) is 4.22. The predicted molar refractivity (Wildman–Crippen MR) is 76.2 cm³/mol. The van der Waals surface area contributed by atoms with E-state index in [1.807, 2.05) is 6.07 Å². The van der Waals surface area contributed by atoms with Crippen LogP contribution >= 0.6 is 11.8 Å². The van der Waals surface area contributed by atoms with Gasteiger partial charge in [-0.3, -0.25) is 0 Å². The Bertz CT molecular complexity index is 403. The van der Waals surface area contributed by atoms with Gasteiger partial charge >= 0.3 is 0 Å². The van der Waals surface area contributed by atoms with E-state index >= 15 is 0 Å². The minimum absolute atomic E-state index is 0.633. The van der Waals surface area contributed by atoms with E-state index in [0.29, 0.717) is 5.92 Å². The Morgan fingerprint density at radius 1 is 1.17 bits per heavy atom. The first-order valence-electron chi connectivity index (χ1n) is 6.31. The highest BCUT2D eigenvalue weighted by Crippen LogP contribution is 2.43. The van der Waals surface area contributed by atoms with E-state index in [1.165, 1.54) is 23.3 Å². The van der Waals surface area contributed by atoms with Gasteiger partial charge < -0.3 is 14.8 Å². The van der Waals surface area contributed by atoms with Gasteiger partial charge in [0.1, 0.15) is 0 Å². The van der Waals surface area contributed by atoms with Crippen LogP contribution in [0.3, 0.4) is 0 Å². The topological polar surface area (TPSA) is 30.5 Å². The first-order chi connectivity index (χ1) is 8.81. The summed E-state index contributed by atoms with van der Waals surface area (Å²) >= 11 is 1.74. The molecule has 0 amide bonds. The number of benzene rings is 1. The second-order valence-electron chi connectivity index (χ2n) is 4.45. The molecule has 0 radical (unpaired) electrons. The van der Waals surface area contributed by atoms with E-state index in [0.717, 1.165) is 24.6 Å². The van der Waals surface area contributed by atoms with Crippen molar-refractivity contribution in [2.75, 3.05) is 33.6 Å². The molecule has 1 heterocycles. The van der Waals surface area contributed by atoms with Crippen LogP contribution in [0.1, 0.15) is 24.3 Å². The first kappa shape index (κ1) is 13.6. The molecule has 0 aromatic heterocycles. The van der Waals surface area contributed by atoms with Crippen LogP contribution in [0.5, 0.6) is 11.5 Å². The van der Waals surface area contributed by atoms with Crippen molar-refractivity contribution >= 4 is 11.8 Å². The fraction of sp³-hybridized carbons (Fsp3) is 0.571. The van der Waals surface area contributed by atoms with Crippen molar-refractivity contribution in [3.05, 3.63) is 17.7 Å². The van der Waals surface area contributed by atoms with Gasteiger partial charge in [0.25, 0.3) is 0 Å². The fourth-order valence-corrected chi connectivity index (χ4v) is 3.42. The molecular weight excluding hydrogens is 246 g/mol. The molecule has 0 unspecified atom stereocenters. The van der Waals surface area contributed by atoms with Crippen molar-refractivity contribution in [3.8, 4) is 11.5 Å². The number of hydrogen-bond acceptors (Lipinski definition) is 4. The van der Waals surface area contributed by atoms with Crippen LogP contribution in [0.25, 0.3) is 0 Å². The lowest BCUT2D eigenvalue weighted by atomic mass is 9.90. The molecule has 1 aliphatic rings. The lowest BCUT2D eigenvalue weighted by Crippen LogP contribution is -2.26. The van der Waals surface area contributed by atoms with Crippen LogP contribution in [-0.2, 0) is 0 Å². The maximum atomic E-state index is 5.53. The van der Waals surface area contributed by atoms with Crippen LogP contribution < -0.4 is 14.8 Å². The molecule has 100 valence electrons. The Kier molecular flexibility index (Phi) is 4.78. The van der Waals surface area contributed by atoms with E-state index in [9.17, 15) is 0 Å². The van der Waals surface area contributed by atoms with Gasteiger partial charge in [-0.25, -0.2) is 0 Å². The monoisotopic (exact) mass is 267 g/mol. The fourth-order valence-electron chi connectivity index (χ4n) is 2.58. The lowest BCUT2D eigenvalue weighted by molar-refractivity contribution is 0.345. The van der Waals surface area contributed by atoms with Crippen molar-refractivity contribution in [1.82, 2.24) is 5.32 Å². The first-order valence-corrected chi connectivity index (χ1v) is 7.53. The Labute approximate surface area is 113 Å². The highest BCUT2D eigenvalue weighted by atomic mass is 32.2. The van der Waals surface area contributed by atoms with E-state index in [4.69, 9.17) is 9.47 Å². The van der Waals surface area contributed by atoms with Crippen molar-refractivity contribution in [1.29, 1.82) is 0 Å². The molecule has 1 saturated heterocycles. The van der Waals surface area contributed by atoms with Crippen LogP contribution in [0, 0.1) is 0 Å². The summed E-state index contributed by atoms with van der Waals surface area (Å²) in [6.07, 6.45) is 4.49. The highest BCUT2D eigenvalue weighted by Gasteiger charge is 2.22. The molecular formula is C14H21NO2S. The van der Waals surface area contributed by atoms with Gasteiger partial charge in [-0.05, 0) is 49.7 Å². The van der Waals surface area contributed by atoms with Gasteiger partial charge in [0.15, 0.2) is 11.5 Å². The van der Waals surface area contributed by atoms with Crippen molar-refractivity contribution in [2.24, 2.45) is 0 Å². The second kappa shape index (κ2) is 6.34. The zero-order valence-electron chi connectivity index (χ0n) is 11.3. The van der Waals surface area contributed by atoms with E-state index < -0.39 is 0 Å². The zero-order chi connectivity index (χ0) is 13.0. The Balaban J connectivity index is 2.40. The number of rotatable bonds is 4. The molecule has 1 aromatic carbocycles. The van der Waals surface area contributed by atoms with E-state index in [2.05, 4.69) is 17.6 Å². The van der Waals surface area contributed by atoms with Crippen LogP contribution in [0.2, 0.25) is 0 Å². The van der Waals surface area contributed by atoms with Gasteiger partial charge in [-0.15, -0.1) is 11.8 Å². The summed E-state index contributed by atoms with van der Waals surface area (Å²) in [4.78, 5) is 1.23. The third-order valence-electron chi connectivity index (χ3n) is 3.51. The Hall–Kier alpha value is -0.870. The average molecular weight is 267 g/mol. The van der Waals surface area contributed by atoms with Crippen LogP contribution in [0.15, 0.2) is 17.0 Å². The minimum atomic E-state index is 0.633. The summed E-state index contributed by atoms with van der Waals surface area (Å²) in [5.41, 5.74) is 1.40. The molecule has 0 atom stereocenters. The number of thioether (sulfide) groups is 1. The van der Waals surface area contributed by atoms with Gasteiger partial charge in [-0.1, -0.05) is 6.07 Å². The molecule has 1 fully saturated rings. The number of ether oxygens (including phenoxy) is 2. The SMILES string of the molecule is COc1ccc(C2CCNCC2)c(SC)c1OC. The number of nitrogens with one attached hydrogen (secondary N) is 1. The van der Waals surface area contributed by atoms with Gasteiger partial charge in [0.2, 0.25) is 0 Å².